The molecule has 39 heavy (non-hydrogen) atoms. The molecule has 4 aromatic rings. The zero-order valence-corrected chi connectivity index (χ0v) is 21.9. The molecule has 1 aromatic heterocycles. The van der Waals surface area contributed by atoms with E-state index in [1.54, 1.807) is 48.5 Å². The van der Waals surface area contributed by atoms with Crippen LogP contribution in [0, 0.1) is 0 Å². The Kier molecular flexibility index (Phi) is 8.70. The van der Waals surface area contributed by atoms with Gasteiger partial charge in [0.2, 0.25) is 15.9 Å². The van der Waals surface area contributed by atoms with Gasteiger partial charge in [-0.15, -0.1) is 0 Å². The van der Waals surface area contributed by atoms with Crippen LogP contribution in [-0.2, 0) is 26.2 Å². The highest BCUT2D eigenvalue weighted by Gasteiger charge is 2.35. The second kappa shape index (κ2) is 12.3. The van der Waals surface area contributed by atoms with Crippen molar-refractivity contribution in [2.75, 3.05) is 11.4 Å². The molecule has 0 aliphatic carbocycles. The molecule has 3 aromatic carbocycles. The minimum Gasteiger partial charge on any atom is -0.467 e. The fraction of sp³-hybridized carbons (Fsp3) is 0.138. The molecule has 10 heteroatoms. The Morgan fingerprint density at radius 1 is 0.872 bits per heavy atom. The number of sulfonamides is 1. The molecule has 2 amide bonds. The minimum atomic E-state index is -4.01. The highest BCUT2D eigenvalue weighted by Crippen LogP contribution is 2.29. The van der Waals surface area contributed by atoms with Gasteiger partial charge in [0.1, 0.15) is 5.76 Å². The molecule has 1 atom stereocenters. The molecule has 0 bridgehead atoms. The molecule has 0 saturated heterocycles. The van der Waals surface area contributed by atoms with Gasteiger partial charge in [-0.1, -0.05) is 60.7 Å². The molecular formula is C29H27N3O6S. The first-order chi connectivity index (χ1) is 18.8. The van der Waals surface area contributed by atoms with Gasteiger partial charge in [-0.3, -0.25) is 19.3 Å². The maximum Gasteiger partial charge on any atom is 0.251 e. The smallest absolute Gasteiger partial charge is 0.251 e. The van der Waals surface area contributed by atoms with Gasteiger partial charge >= 0.3 is 0 Å². The Balaban J connectivity index is 1.69. The number of ketones is 1. The topological polar surface area (TPSA) is 126 Å². The largest absolute Gasteiger partial charge is 0.467 e. The predicted molar refractivity (Wildman–Crippen MR) is 145 cm³/mol. The summed E-state index contributed by atoms with van der Waals surface area (Å²) in [7, 11) is -4.01. The van der Waals surface area contributed by atoms with Gasteiger partial charge in [-0.2, -0.15) is 0 Å². The standard InChI is InChI=1S/C29H27N3O6S/c1-21(33)23-12-8-13-24(18-23)32(27(34)20-31-39(36,37)25-14-6-3-7-15-25)28(26-16-9-17-38-26)29(35)30-19-22-10-4-2-5-11-22/h2-18,28,31H,19-20H2,1H3,(H,30,35)/t28-/m0/s1. The summed E-state index contributed by atoms with van der Waals surface area (Å²) in [5.41, 5.74) is 1.39. The molecule has 0 unspecified atom stereocenters. The summed E-state index contributed by atoms with van der Waals surface area (Å²) in [5, 5.41) is 2.83. The van der Waals surface area contributed by atoms with Gasteiger partial charge < -0.3 is 9.73 Å². The number of anilines is 1. The number of rotatable bonds is 11. The normalized spacial score (nSPS) is 11.9. The fourth-order valence-corrected chi connectivity index (χ4v) is 4.93. The van der Waals surface area contributed by atoms with Gasteiger partial charge in [-0.25, -0.2) is 13.1 Å². The number of carbonyl (C=O) groups excluding carboxylic acids is 3. The van der Waals surface area contributed by atoms with E-state index in [0.717, 1.165) is 10.5 Å². The average Bonchev–Trinajstić information content (AvgIpc) is 3.49. The molecule has 0 radical (unpaired) electrons. The molecule has 0 aliphatic heterocycles. The van der Waals surface area contributed by atoms with Gasteiger partial charge in [0.15, 0.2) is 11.8 Å². The summed E-state index contributed by atoms with van der Waals surface area (Å²) >= 11 is 0. The Bertz CT molecular complexity index is 1540. The number of carbonyl (C=O) groups is 3. The third kappa shape index (κ3) is 6.86. The molecule has 200 valence electrons. The third-order valence-corrected chi connectivity index (χ3v) is 7.31. The monoisotopic (exact) mass is 545 g/mol. The van der Waals surface area contributed by atoms with Gasteiger partial charge in [0, 0.05) is 17.8 Å². The van der Waals surface area contributed by atoms with Crippen molar-refractivity contribution in [1.82, 2.24) is 10.0 Å². The van der Waals surface area contributed by atoms with E-state index in [9.17, 15) is 22.8 Å². The van der Waals surface area contributed by atoms with Crippen LogP contribution < -0.4 is 14.9 Å². The van der Waals surface area contributed by atoms with Crippen LogP contribution >= 0.6 is 0 Å². The molecule has 0 fully saturated rings. The number of Topliss-reactive ketones (excluding diaryl/α,β-unsaturated/α-hetero) is 1. The van der Waals surface area contributed by atoms with E-state index in [2.05, 4.69) is 10.0 Å². The zero-order valence-electron chi connectivity index (χ0n) is 21.1. The molecule has 0 spiro atoms. The number of hydrogen-bond acceptors (Lipinski definition) is 6. The van der Waals surface area contributed by atoms with Crippen LogP contribution in [0.3, 0.4) is 0 Å². The van der Waals surface area contributed by atoms with E-state index >= 15 is 0 Å². The van der Waals surface area contributed by atoms with Gasteiger partial charge in [0.25, 0.3) is 5.91 Å². The summed E-state index contributed by atoms with van der Waals surface area (Å²) in [6.45, 7) is 0.924. The third-order valence-electron chi connectivity index (χ3n) is 5.90. The highest BCUT2D eigenvalue weighted by atomic mass is 32.2. The first-order valence-corrected chi connectivity index (χ1v) is 13.6. The molecule has 0 aliphatic rings. The van der Waals surface area contributed by atoms with Crippen molar-refractivity contribution in [2.24, 2.45) is 0 Å². The van der Waals surface area contributed by atoms with Crippen LogP contribution in [-0.4, -0.2) is 32.6 Å². The molecule has 0 saturated carbocycles. The lowest BCUT2D eigenvalue weighted by molar-refractivity contribution is -0.126. The van der Waals surface area contributed by atoms with Gasteiger partial charge in [0.05, 0.1) is 17.7 Å². The van der Waals surface area contributed by atoms with Crippen LogP contribution in [0.15, 0.2) is 113 Å². The van der Waals surface area contributed by atoms with E-state index in [1.165, 1.54) is 31.4 Å². The molecule has 9 nitrogen and oxygen atoms in total. The molecule has 2 N–H and O–H groups in total. The van der Waals surface area contributed by atoms with E-state index < -0.39 is 34.4 Å². The second-order valence-electron chi connectivity index (χ2n) is 8.63. The number of hydrogen-bond donors (Lipinski definition) is 2. The molecule has 4 rings (SSSR count). The minimum absolute atomic E-state index is 0.00823. The van der Waals surface area contributed by atoms with Crippen molar-refractivity contribution in [2.45, 2.75) is 24.4 Å². The highest BCUT2D eigenvalue weighted by molar-refractivity contribution is 7.89. The van der Waals surface area contributed by atoms with E-state index in [4.69, 9.17) is 4.42 Å². The first-order valence-electron chi connectivity index (χ1n) is 12.1. The zero-order chi connectivity index (χ0) is 27.8. The van der Waals surface area contributed by atoms with Crippen LogP contribution in [0.1, 0.15) is 34.6 Å². The first kappa shape index (κ1) is 27.5. The van der Waals surface area contributed by atoms with Crippen LogP contribution in [0.2, 0.25) is 0 Å². The Hall–Kier alpha value is -4.54. The van der Waals surface area contributed by atoms with Crippen molar-refractivity contribution in [3.63, 3.8) is 0 Å². The van der Waals surface area contributed by atoms with Crippen molar-refractivity contribution in [3.8, 4) is 0 Å². The van der Waals surface area contributed by atoms with Crippen LogP contribution in [0.25, 0.3) is 0 Å². The SMILES string of the molecule is CC(=O)c1cccc(N(C(=O)CNS(=O)(=O)c2ccccc2)[C@H](C(=O)NCc2ccccc2)c2ccco2)c1. The van der Waals surface area contributed by atoms with Crippen molar-refractivity contribution < 1.29 is 27.2 Å². The van der Waals surface area contributed by atoms with Gasteiger partial charge in [-0.05, 0) is 48.9 Å². The summed E-state index contributed by atoms with van der Waals surface area (Å²) < 4.78 is 33.5. The number of nitrogens with one attached hydrogen (secondary N) is 2. The van der Waals surface area contributed by atoms with Crippen molar-refractivity contribution >= 4 is 33.3 Å². The van der Waals surface area contributed by atoms with Crippen LogP contribution in [0.4, 0.5) is 5.69 Å². The Labute approximate surface area is 226 Å². The van der Waals surface area contributed by atoms with E-state index in [1.807, 2.05) is 30.3 Å². The lowest BCUT2D eigenvalue weighted by atomic mass is 10.1. The molecular weight excluding hydrogens is 518 g/mol. The van der Waals surface area contributed by atoms with Crippen LogP contribution in [0.5, 0.6) is 0 Å². The number of benzene rings is 3. The van der Waals surface area contributed by atoms with E-state index in [-0.39, 0.29) is 28.7 Å². The van der Waals surface area contributed by atoms with Crippen molar-refractivity contribution in [3.05, 3.63) is 120 Å². The fourth-order valence-electron chi connectivity index (χ4n) is 3.94. The number of nitrogens with zero attached hydrogens (tertiary/aromatic N) is 1. The maximum atomic E-state index is 13.7. The predicted octanol–water partition coefficient (Wildman–Crippen LogP) is 3.85. The van der Waals surface area contributed by atoms with Crippen molar-refractivity contribution in [1.29, 1.82) is 0 Å². The summed E-state index contributed by atoms with van der Waals surface area (Å²) in [6.07, 6.45) is 1.37. The second-order valence-corrected chi connectivity index (χ2v) is 10.4. The average molecular weight is 546 g/mol. The Morgan fingerprint density at radius 3 is 2.21 bits per heavy atom. The molecule has 1 heterocycles. The quantitative estimate of drug-likeness (QED) is 0.276. The maximum absolute atomic E-state index is 13.7. The number of furan rings is 1. The lowest BCUT2D eigenvalue weighted by Crippen LogP contribution is -2.47. The van der Waals surface area contributed by atoms with E-state index in [0.29, 0.717) is 5.56 Å². The summed E-state index contributed by atoms with van der Waals surface area (Å²) in [5.74, 6) is -1.36. The number of amides is 2. The lowest BCUT2D eigenvalue weighted by Gasteiger charge is -2.30. The summed E-state index contributed by atoms with van der Waals surface area (Å²) in [6, 6.07) is 24.9. The Morgan fingerprint density at radius 2 is 1.56 bits per heavy atom. The summed E-state index contributed by atoms with van der Waals surface area (Å²) in [4.78, 5) is 40.5.